The van der Waals surface area contributed by atoms with Crippen LogP contribution in [-0.2, 0) is 30.5 Å². The van der Waals surface area contributed by atoms with Gasteiger partial charge in [0.05, 0.1) is 26.2 Å². The third-order valence-electron chi connectivity index (χ3n) is 7.33. The molecule has 1 aliphatic rings. The smallest absolute Gasteiger partial charge is 0.330 e. The molecule has 1 aliphatic heterocycles. The molecule has 2 aromatic carbocycles. The number of hydrogen-bond donors (Lipinski definition) is 4. The third-order valence-corrected chi connectivity index (χ3v) is 7.33. The first kappa shape index (κ1) is 30.6. The van der Waals surface area contributed by atoms with Gasteiger partial charge in [0.25, 0.3) is 0 Å². The molecule has 3 aromatic rings. The summed E-state index contributed by atoms with van der Waals surface area (Å²) in [5.74, 6) is -1.55. The maximum Gasteiger partial charge on any atom is 0.330 e. The van der Waals surface area contributed by atoms with Crippen LogP contribution in [0.1, 0.15) is 25.3 Å². The summed E-state index contributed by atoms with van der Waals surface area (Å²) in [6, 6.07) is 15.7. The summed E-state index contributed by atoms with van der Waals surface area (Å²) in [4.78, 5) is 57.1. The first-order valence-electron chi connectivity index (χ1n) is 14.1. The van der Waals surface area contributed by atoms with E-state index in [1.54, 1.807) is 24.5 Å². The molecule has 0 radical (unpaired) electrons. The average Bonchev–Trinajstić information content (AvgIpc) is 3.53. The van der Waals surface area contributed by atoms with Gasteiger partial charge < -0.3 is 26.0 Å². The monoisotopic (exact) mass is 574 g/mol. The van der Waals surface area contributed by atoms with Crippen molar-refractivity contribution in [3.05, 3.63) is 72.6 Å². The highest BCUT2D eigenvalue weighted by atomic mass is 16.5. The van der Waals surface area contributed by atoms with Crippen LogP contribution >= 0.6 is 0 Å². The lowest BCUT2D eigenvalue weighted by atomic mass is 9.97. The number of hydrogen-bond acceptors (Lipinski definition) is 9. The average molecular weight is 575 g/mol. The molecule has 4 N–H and O–H groups in total. The molecule has 1 aromatic heterocycles. The molecule has 4 rings (SSSR count). The zero-order valence-corrected chi connectivity index (χ0v) is 24.0. The number of amides is 2. The fraction of sp³-hybridized carbons (Fsp3) is 0.387. The van der Waals surface area contributed by atoms with Crippen molar-refractivity contribution in [3.8, 4) is 0 Å². The molecule has 0 saturated carbocycles. The minimum absolute atomic E-state index is 0.0633. The zero-order valence-electron chi connectivity index (χ0n) is 24.0. The van der Waals surface area contributed by atoms with E-state index in [-0.39, 0.29) is 37.4 Å². The van der Waals surface area contributed by atoms with E-state index in [1.165, 1.54) is 14.0 Å². The molecule has 1 saturated heterocycles. The number of benzene rings is 2. The Bertz CT molecular complexity index is 1370. The van der Waals surface area contributed by atoms with Crippen LogP contribution in [0.4, 0.5) is 5.69 Å². The summed E-state index contributed by atoms with van der Waals surface area (Å²) in [7, 11) is 1.22. The van der Waals surface area contributed by atoms with Gasteiger partial charge in [-0.1, -0.05) is 42.5 Å². The molecule has 1 unspecified atom stereocenters. The normalized spacial score (nSPS) is 16.0. The number of methoxy groups -OCH3 is 1. The molecule has 3 atom stereocenters. The van der Waals surface area contributed by atoms with Crippen molar-refractivity contribution < 1.29 is 23.9 Å². The summed E-state index contributed by atoms with van der Waals surface area (Å²) in [6.45, 7) is 2.23. The zero-order chi connectivity index (χ0) is 29.9. The molecule has 0 bridgehead atoms. The number of nitrogens with one attached hydrogen (secondary N) is 4. The summed E-state index contributed by atoms with van der Waals surface area (Å²) in [5, 5.41) is 14.0. The van der Waals surface area contributed by atoms with Gasteiger partial charge in [0, 0.05) is 44.1 Å². The molecule has 222 valence electrons. The fourth-order valence-corrected chi connectivity index (χ4v) is 5.33. The highest BCUT2D eigenvalue weighted by Gasteiger charge is 2.36. The lowest BCUT2D eigenvalue weighted by Crippen LogP contribution is -2.57. The van der Waals surface area contributed by atoms with Crippen LogP contribution in [0.2, 0.25) is 0 Å². The van der Waals surface area contributed by atoms with E-state index < -0.39 is 24.0 Å². The standard InChI is InChI=1S/C31H38N6O5/c1-21(38)34-17-27(31(41)42-2)36-29(40)20-37(19-23-9-5-8-22-7-3-4-10-25(22)23)30(26-11-6-14-33-26)28(39)18-35-24-12-15-32-16-13-24/h3-5,7-10,12-13,15-16,26-27,30,33H,6,11,14,17-20H2,1-2H3,(H,32,35)(H,34,38)(H,36,40)/t26-,27-,30?/m0/s1. The Hall–Kier alpha value is -4.35. The number of rotatable bonds is 14. The van der Waals surface area contributed by atoms with Crippen molar-refractivity contribution in [2.75, 3.05) is 38.6 Å². The Morgan fingerprint density at radius 1 is 1.07 bits per heavy atom. The number of pyridine rings is 1. The minimum atomic E-state index is -1.07. The molecule has 2 amide bonds. The number of fused-ring (bicyclic) bond motifs is 1. The number of ether oxygens (including phenoxy) is 1. The van der Waals surface area contributed by atoms with E-state index in [2.05, 4.69) is 26.3 Å². The number of nitrogens with zero attached hydrogens (tertiary/aromatic N) is 2. The number of carbonyl (C=O) groups excluding carboxylic acids is 4. The van der Waals surface area contributed by atoms with Gasteiger partial charge in [0.15, 0.2) is 5.78 Å². The number of Topliss-reactive ketones (excluding diaryl/α,β-unsaturated/α-hetero) is 1. The van der Waals surface area contributed by atoms with Gasteiger partial charge >= 0.3 is 5.97 Å². The quantitative estimate of drug-likeness (QED) is 0.211. The predicted octanol–water partition coefficient (Wildman–Crippen LogP) is 1.63. The van der Waals surface area contributed by atoms with E-state index in [0.29, 0.717) is 6.54 Å². The predicted molar refractivity (Wildman–Crippen MR) is 160 cm³/mol. The molecular formula is C31H38N6O5. The lowest BCUT2D eigenvalue weighted by molar-refractivity contribution is -0.145. The molecule has 11 heteroatoms. The maximum atomic E-state index is 13.9. The Kier molecular flexibility index (Phi) is 11.0. The van der Waals surface area contributed by atoms with Gasteiger partial charge in [-0.15, -0.1) is 0 Å². The second-order valence-corrected chi connectivity index (χ2v) is 10.3. The van der Waals surface area contributed by atoms with Crippen molar-refractivity contribution in [1.29, 1.82) is 0 Å². The fourth-order valence-electron chi connectivity index (χ4n) is 5.33. The Morgan fingerprint density at radius 2 is 1.83 bits per heavy atom. The van der Waals surface area contributed by atoms with Crippen LogP contribution in [0, 0.1) is 0 Å². The van der Waals surface area contributed by atoms with Crippen LogP contribution in [-0.4, -0.2) is 84.9 Å². The van der Waals surface area contributed by atoms with Crippen molar-refractivity contribution in [2.24, 2.45) is 0 Å². The van der Waals surface area contributed by atoms with Crippen LogP contribution < -0.4 is 21.3 Å². The van der Waals surface area contributed by atoms with Crippen LogP contribution in [0.5, 0.6) is 0 Å². The minimum Gasteiger partial charge on any atom is -0.467 e. The molecule has 0 aliphatic carbocycles. The van der Waals surface area contributed by atoms with E-state index >= 15 is 0 Å². The first-order chi connectivity index (χ1) is 20.4. The molecule has 42 heavy (non-hydrogen) atoms. The highest BCUT2D eigenvalue weighted by molar-refractivity contribution is 5.91. The van der Waals surface area contributed by atoms with Gasteiger partial charge in [-0.2, -0.15) is 0 Å². The number of esters is 1. The Labute approximate surface area is 245 Å². The van der Waals surface area contributed by atoms with Crippen LogP contribution in [0.25, 0.3) is 10.8 Å². The molecule has 1 fully saturated rings. The maximum absolute atomic E-state index is 13.9. The summed E-state index contributed by atoms with van der Waals surface area (Å²) in [6.07, 6.45) is 5.01. The molecular weight excluding hydrogens is 536 g/mol. The lowest BCUT2D eigenvalue weighted by Gasteiger charge is -2.35. The topological polar surface area (TPSA) is 142 Å². The summed E-state index contributed by atoms with van der Waals surface area (Å²) in [5.41, 5.74) is 1.75. The first-order valence-corrected chi connectivity index (χ1v) is 14.1. The molecule has 0 spiro atoms. The van der Waals surface area contributed by atoms with Crippen molar-refractivity contribution >= 4 is 40.0 Å². The van der Waals surface area contributed by atoms with Gasteiger partial charge in [-0.3, -0.25) is 24.3 Å². The van der Waals surface area contributed by atoms with E-state index in [1.807, 2.05) is 47.4 Å². The Balaban J connectivity index is 1.63. The second kappa shape index (κ2) is 15.0. The summed E-state index contributed by atoms with van der Waals surface area (Å²) >= 11 is 0. The number of ketones is 1. The highest BCUT2D eigenvalue weighted by Crippen LogP contribution is 2.24. The number of anilines is 1. The van der Waals surface area contributed by atoms with Gasteiger partial charge in [0.2, 0.25) is 11.8 Å². The largest absolute Gasteiger partial charge is 0.467 e. The third kappa shape index (κ3) is 8.34. The summed E-state index contributed by atoms with van der Waals surface area (Å²) < 4.78 is 4.84. The number of carbonyl (C=O) groups is 4. The van der Waals surface area contributed by atoms with Gasteiger partial charge in [-0.05, 0) is 47.9 Å². The van der Waals surface area contributed by atoms with Gasteiger partial charge in [-0.25, -0.2) is 4.79 Å². The Morgan fingerprint density at radius 3 is 2.55 bits per heavy atom. The van der Waals surface area contributed by atoms with Gasteiger partial charge in [0.1, 0.15) is 6.04 Å². The van der Waals surface area contributed by atoms with Crippen molar-refractivity contribution in [2.45, 2.75) is 44.4 Å². The molecule has 2 heterocycles. The molecule has 11 nitrogen and oxygen atoms in total. The van der Waals surface area contributed by atoms with E-state index in [4.69, 9.17) is 4.74 Å². The van der Waals surface area contributed by atoms with E-state index in [9.17, 15) is 19.2 Å². The number of aromatic nitrogens is 1. The van der Waals surface area contributed by atoms with Crippen molar-refractivity contribution in [3.63, 3.8) is 0 Å². The SMILES string of the molecule is COC(=O)[C@H](CNC(C)=O)NC(=O)CN(Cc1cccc2ccccc12)C(C(=O)CNc1ccncc1)[C@@H]1CCCN1. The second-order valence-electron chi connectivity index (χ2n) is 10.3. The van der Waals surface area contributed by atoms with Crippen LogP contribution in [0.3, 0.4) is 0 Å². The van der Waals surface area contributed by atoms with Crippen LogP contribution in [0.15, 0.2) is 67.0 Å². The van der Waals surface area contributed by atoms with Crippen molar-refractivity contribution in [1.82, 2.24) is 25.8 Å². The van der Waals surface area contributed by atoms with E-state index in [0.717, 1.165) is 41.4 Å².